The third-order valence-corrected chi connectivity index (χ3v) is 11.7. The molecule has 1 aromatic carbocycles. The van der Waals surface area contributed by atoms with Crippen LogP contribution in [0.3, 0.4) is 0 Å². The number of alkyl carbamates (subject to hydrolysis) is 1. The Labute approximate surface area is 315 Å². The van der Waals surface area contributed by atoms with Crippen LogP contribution < -0.4 is 29.7 Å². The highest BCUT2D eigenvalue weighted by molar-refractivity contribution is 7.91. The molecule has 0 unspecified atom stereocenters. The number of pyridine rings is 1. The first kappa shape index (κ1) is 39.1. The Hall–Kier alpha value is -4.64. The van der Waals surface area contributed by atoms with Crippen molar-refractivity contribution in [2.24, 2.45) is 5.92 Å². The first-order valence-electron chi connectivity index (χ1n) is 18.2. The second-order valence-electron chi connectivity index (χ2n) is 15.5. The van der Waals surface area contributed by atoms with Gasteiger partial charge in [-0.1, -0.05) is 12.2 Å². The molecule has 2 aliphatic heterocycles. The fraction of sp³-hybridized carbons (Fsp3) is 0.595. The molecule has 3 heterocycles. The standard InChI is InChI=1S/C37H50N6O10S/c1-36(2,3)53-35(47)38-28-21-51-15-9-7-8-10-23-19-37(23,34(46)41-54(48,49)26-12-13-26)40-31(44)29-18-25(20-43(29)33(28)45)52-32-27-14-11-24(50-6)16-22(27)17-30(39-32)42(4)5/h8,10-11,14,16-17,23,25-26,28-29H,7,9,12-13,15,18-21H2,1-6H3,(H,38,47)(H,40,44)(H,41,46)/b10-8-/t23-,25-,28+,29+,37-/m1/s1. The lowest BCUT2D eigenvalue weighted by molar-refractivity contribution is -0.142. The predicted molar refractivity (Wildman–Crippen MR) is 199 cm³/mol. The molecule has 6 rings (SSSR count). The number of nitrogens with one attached hydrogen (secondary N) is 3. The second-order valence-corrected chi connectivity index (χ2v) is 17.5. The van der Waals surface area contributed by atoms with Gasteiger partial charge in [-0.2, -0.15) is 4.98 Å². The molecule has 0 radical (unpaired) electrons. The van der Waals surface area contributed by atoms with Crippen molar-refractivity contribution in [3.63, 3.8) is 0 Å². The molecule has 0 spiro atoms. The average molecular weight is 771 g/mol. The Balaban J connectivity index is 1.34. The zero-order valence-corrected chi connectivity index (χ0v) is 32.4. The van der Waals surface area contributed by atoms with Gasteiger partial charge in [0.1, 0.15) is 40.9 Å². The van der Waals surface area contributed by atoms with Crippen LogP contribution in [0.15, 0.2) is 36.4 Å². The van der Waals surface area contributed by atoms with Crippen LogP contribution >= 0.6 is 0 Å². The second kappa shape index (κ2) is 15.2. The van der Waals surface area contributed by atoms with Crippen molar-refractivity contribution >= 4 is 50.4 Å². The number of ether oxygens (including phenoxy) is 4. The SMILES string of the molecule is COc1ccc2c(O[C@@H]3C[C@H]4C(=O)N[C@]5(C(=O)NS(=O)(=O)C6CC6)C[C@H]5/C=C\CCCOC[C@H](NC(=O)OC(C)(C)C)C(=O)N4C3)nc(N(C)C)cc2c1. The number of aromatic nitrogens is 1. The van der Waals surface area contributed by atoms with Gasteiger partial charge in [0.25, 0.3) is 5.91 Å². The molecule has 1 saturated heterocycles. The Morgan fingerprint density at radius 3 is 2.59 bits per heavy atom. The maximum atomic E-state index is 14.4. The maximum Gasteiger partial charge on any atom is 0.408 e. The summed E-state index contributed by atoms with van der Waals surface area (Å²) in [6, 6.07) is 4.94. The molecular formula is C37H50N6O10S. The van der Waals surface area contributed by atoms with Crippen molar-refractivity contribution in [1.82, 2.24) is 25.2 Å². The minimum absolute atomic E-state index is 0.00167. The first-order valence-corrected chi connectivity index (χ1v) is 19.8. The van der Waals surface area contributed by atoms with Crippen molar-refractivity contribution in [3.05, 3.63) is 36.4 Å². The number of hydrogen-bond donors (Lipinski definition) is 3. The van der Waals surface area contributed by atoms with E-state index in [-0.39, 0.29) is 38.5 Å². The number of sulfonamides is 1. The lowest BCUT2D eigenvalue weighted by Crippen LogP contribution is -2.59. The molecule has 5 atom stereocenters. The Bertz CT molecular complexity index is 1930. The highest BCUT2D eigenvalue weighted by Gasteiger charge is 2.62. The van der Waals surface area contributed by atoms with Gasteiger partial charge in [-0.3, -0.25) is 19.1 Å². The smallest absolute Gasteiger partial charge is 0.408 e. The summed E-state index contributed by atoms with van der Waals surface area (Å²) in [5.41, 5.74) is -2.39. The van der Waals surface area contributed by atoms with Crippen molar-refractivity contribution in [3.8, 4) is 11.6 Å². The number of hydrogen-bond acceptors (Lipinski definition) is 12. The largest absolute Gasteiger partial charge is 0.497 e. The minimum atomic E-state index is -3.91. The third-order valence-electron chi connectivity index (χ3n) is 9.84. The van der Waals surface area contributed by atoms with Gasteiger partial charge >= 0.3 is 6.09 Å². The van der Waals surface area contributed by atoms with Crippen LogP contribution in [0.4, 0.5) is 10.6 Å². The van der Waals surface area contributed by atoms with Crippen LogP contribution in [0.5, 0.6) is 11.6 Å². The summed E-state index contributed by atoms with van der Waals surface area (Å²) in [5.74, 6) is -1.05. The van der Waals surface area contributed by atoms with Crippen LogP contribution in [0.1, 0.15) is 59.3 Å². The van der Waals surface area contributed by atoms with Crippen LogP contribution in [-0.2, 0) is 33.9 Å². The number of amides is 4. The molecule has 0 bridgehead atoms. The Morgan fingerprint density at radius 1 is 1.15 bits per heavy atom. The molecule has 4 aliphatic rings. The van der Waals surface area contributed by atoms with Gasteiger partial charge in [-0.25, -0.2) is 13.2 Å². The van der Waals surface area contributed by atoms with Crippen LogP contribution in [0.2, 0.25) is 0 Å². The molecular weight excluding hydrogens is 721 g/mol. The number of anilines is 1. The molecule has 1 aromatic heterocycles. The first-order chi connectivity index (χ1) is 25.5. The summed E-state index contributed by atoms with van der Waals surface area (Å²) in [6.07, 6.45) is 4.33. The van der Waals surface area contributed by atoms with E-state index in [9.17, 15) is 27.6 Å². The molecule has 3 fully saturated rings. The van der Waals surface area contributed by atoms with Gasteiger partial charge in [0.2, 0.25) is 27.7 Å². The molecule has 17 heteroatoms. The summed E-state index contributed by atoms with van der Waals surface area (Å²) in [7, 11) is 1.35. The van der Waals surface area contributed by atoms with Crippen molar-refractivity contribution in [2.45, 2.75) is 93.9 Å². The average Bonchev–Trinajstić information content (AvgIpc) is 4.02. The summed E-state index contributed by atoms with van der Waals surface area (Å²) in [5, 5.41) is 6.31. The lowest BCUT2D eigenvalue weighted by atomic mass is 10.1. The van der Waals surface area contributed by atoms with Crippen molar-refractivity contribution in [2.75, 3.05) is 45.9 Å². The van der Waals surface area contributed by atoms with Gasteiger partial charge in [0.05, 0.1) is 25.5 Å². The molecule has 2 saturated carbocycles. The third kappa shape index (κ3) is 8.83. The van der Waals surface area contributed by atoms with E-state index in [0.717, 1.165) is 5.39 Å². The van der Waals surface area contributed by atoms with Gasteiger partial charge in [-0.05, 0) is 82.5 Å². The zero-order chi connectivity index (χ0) is 39.0. The number of fused-ring (bicyclic) bond motifs is 3. The number of nitrogens with zero attached hydrogens (tertiary/aromatic N) is 3. The zero-order valence-electron chi connectivity index (χ0n) is 31.5. The van der Waals surface area contributed by atoms with Crippen LogP contribution in [0.25, 0.3) is 10.8 Å². The van der Waals surface area contributed by atoms with Crippen LogP contribution in [-0.4, -0.2) is 118 Å². The molecule has 4 amide bonds. The van der Waals surface area contributed by atoms with E-state index in [1.807, 2.05) is 49.3 Å². The topological polar surface area (TPSA) is 195 Å². The summed E-state index contributed by atoms with van der Waals surface area (Å²) < 4.78 is 51.1. The van der Waals surface area contributed by atoms with Gasteiger partial charge in [0, 0.05) is 38.4 Å². The summed E-state index contributed by atoms with van der Waals surface area (Å²) in [6.45, 7) is 5.09. The molecule has 54 heavy (non-hydrogen) atoms. The van der Waals surface area contributed by atoms with E-state index >= 15 is 0 Å². The molecule has 3 N–H and O–H groups in total. The van der Waals surface area contributed by atoms with E-state index in [1.165, 1.54) is 4.90 Å². The highest BCUT2D eigenvalue weighted by Crippen LogP contribution is 2.46. The maximum absolute atomic E-state index is 14.4. The fourth-order valence-corrected chi connectivity index (χ4v) is 8.09. The lowest BCUT2D eigenvalue weighted by Gasteiger charge is -2.30. The monoisotopic (exact) mass is 770 g/mol. The number of benzene rings is 1. The summed E-state index contributed by atoms with van der Waals surface area (Å²) >= 11 is 0. The van der Waals surface area contributed by atoms with E-state index < -0.39 is 74.3 Å². The Kier molecular flexibility index (Phi) is 11.0. The normalized spacial score (nSPS) is 27.0. The number of allylic oxidation sites excluding steroid dienone is 1. The van der Waals surface area contributed by atoms with E-state index in [0.29, 0.717) is 42.6 Å². The highest BCUT2D eigenvalue weighted by atomic mass is 32.2. The minimum Gasteiger partial charge on any atom is -0.497 e. The number of rotatable bonds is 8. The van der Waals surface area contributed by atoms with E-state index in [1.54, 1.807) is 33.9 Å². The predicted octanol–water partition coefficient (Wildman–Crippen LogP) is 2.40. The van der Waals surface area contributed by atoms with Gasteiger partial charge in [0.15, 0.2) is 0 Å². The molecule has 2 aromatic rings. The quantitative estimate of drug-likeness (QED) is 0.333. The summed E-state index contributed by atoms with van der Waals surface area (Å²) in [4.78, 5) is 63.4. The Morgan fingerprint density at radius 2 is 1.91 bits per heavy atom. The molecule has 294 valence electrons. The van der Waals surface area contributed by atoms with Crippen LogP contribution in [0, 0.1) is 5.92 Å². The molecule has 2 aliphatic carbocycles. The number of carbonyl (C=O) groups excluding carboxylic acids is 4. The van der Waals surface area contributed by atoms with E-state index in [4.69, 9.17) is 23.9 Å². The van der Waals surface area contributed by atoms with E-state index in [2.05, 4.69) is 15.4 Å². The molecule has 16 nitrogen and oxygen atoms in total. The van der Waals surface area contributed by atoms with Crippen molar-refractivity contribution in [1.29, 1.82) is 0 Å². The van der Waals surface area contributed by atoms with Crippen molar-refractivity contribution < 1.29 is 46.5 Å². The fourth-order valence-electron chi connectivity index (χ4n) is 6.73. The number of carbonyl (C=O) groups is 4. The van der Waals surface area contributed by atoms with Gasteiger partial charge < -0.3 is 39.4 Å². The number of methoxy groups -OCH3 is 1. The van der Waals surface area contributed by atoms with Gasteiger partial charge in [-0.15, -0.1) is 0 Å².